The van der Waals surface area contributed by atoms with Gasteiger partial charge >= 0.3 is 12.1 Å². The Labute approximate surface area is 218 Å². The third kappa shape index (κ3) is 5.94. The zero-order chi connectivity index (χ0) is 27.2. The fourth-order valence-corrected chi connectivity index (χ4v) is 4.77. The molecule has 7 heteroatoms. The number of amides is 1. The van der Waals surface area contributed by atoms with Crippen molar-refractivity contribution in [3.8, 4) is 0 Å². The Morgan fingerprint density at radius 3 is 1.55 bits per heavy atom. The van der Waals surface area contributed by atoms with Crippen LogP contribution in [0, 0.1) is 0 Å². The maximum atomic E-state index is 13.6. The topological polar surface area (TPSA) is 66.4 Å². The van der Waals surface area contributed by atoms with E-state index in [1.54, 1.807) is 0 Å². The van der Waals surface area contributed by atoms with Gasteiger partial charge < -0.3 is 10.4 Å². The summed E-state index contributed by atoms with van der Waals surface area (Å²) in [4.78, 5) is 25.6. The number of nitrogens with one attached hydrogen (secondary N) is 1. The van der Waals surface area contributed by atoms with Gasteiger partial charge in [-0.25, -0.2) is 4.79 Å². The van der Waals surface area contributed by atoms with Crippen molar-refractivity contribution in [2.45, 2.75) is 30.5 Å². The lowest BCUT2D eigenvalue weighted by Gasteiger charge is -2.36. The van der Waals surface area contributed by atoms with Gasteiger partial charge in [0.1, 0.15) is 6.04 Å². The van der Waals surface area contributed by atoms with Gasteiger partial charge in [0, 0.05) is 12.8 Å². The second kappa shape index (κ2) is 11.3. The molecule has 0 aliphatic carbocycles. The number of hydrogen-bond donors (Lipinski definition) is 2. The monoisotopic (exact) mass is 517 g/mol. The Morgan fingerprint density at radius 2 is 1.13 bits per heavy atom. The molecule has 0 aromatic heterocycles. The Bertz CT molecular complexity index is 1280. The van der Waals surface area contributed by atoms with Gasteiger partial charge in [-0.2, -0.15) is 13.2 Å². The van der Waals surface area contributed by atoms with E-state index in [2.05, 4.69) is 5.32 Å². The highest BCUT2D eigenvalue weighted by atomic mass is 19.4. The molecule has 0 unspecified atom stereocenters. The van der Waals surface area contributed by atoms with Gasteiger partial charge in [0.15, 0.2) is 0 Å². The lowest BCUT2D eigenvalue weighted by molar-refractivity contribution is -0.141. The molecule has 4 aromatic carbocycles. The zero-order valence-electron chi connectivity index (χ0n) is 20.4. The van der Waals surface area contributed by atoms with Crippen LogP contribution in [0.4, 0.5) is 13.2 Å². The number of rotatable bonds is 9. The van der Waals surface area contributed by atoms with Gasteiger partial charge in [-0.05, 0) is 28.3 Å². The van der Waals surface area contributed by atoms with Crippen molar-refractivity contribution in [1.29, 1.82) is 0 Å². The standard InChI is InChI=1S/C31H26F3NO3/c32-31(33,34)26-18-10-11-22(19-26)20-27(29(37)38)35-28(36)21-30(23-12-4-1-5-13-23,24-14-6-2-7-15-24)25-16-8-3-9-17-25/h1-19,27H,20-21H2,(H,35,36)(H,37,38)/t27-/m0/s1. The SMILES string of the molecule is O=C(CC(c1ccccc1)(c1ccccc1)c1ccccc1)N[C@@H](Cc1cccc(C(F)(F)F)c1)C(=O)O. The fourth-order valence-electron chi connectivity index (χ4n) is 4.77. The predicted octanol–water partition coefficient (Wildman–Crippen LogP) is 6.24. The number of carboxylic acids is 1. The summed E-state index contributed by atoms with van der Waals surface area (Å²) < 4.78 is 39.5. The molecule has 0 spiro atoms. The minimum absolute atomic E-state index is 0.114. The van der Waals surface area contributed by atoms with Gasteiger partial charge in [-0.3, -0.25) is 4.79 Å². The first-order valence-corrected chi connectivity index (χ1v) is 12.0. The van der Waals surface area contributed by atoms with Crippen LogP contribution in [-0.4, -0.2) is 23.0 Å². The van der Waals surface area contributed by atoms with Crippen molar-refractivity contribution in [1.82, 2.24) is 5.32 Å². The van der Waals surface area contributed by atoms with E-state index in [0.717, 1.165) is 28.8 Å². The normalized spacial score (nSPS) is 12.5. The molecule has 0 saturated carbocycles. The Balaban J connectivity index is 1.70. The molecule has 0 saturated heterocycles. The molecule has 0 fully saturated rings. The van der Waals surface area contributed by atoms with Gasteiger partial charge in [0.2, 0.25) is 5.91 Å². The molecule has 0 aliphatic heterocycles. The molecule has 0 radical (unpaired) electrons. The van der Waals surface area contributed by atoms with Crippen LogP contribution in [0.15, 0.2) is 115 Å². The van der Waals surface area contributed by atoms with Crippen molar-refractivity contribution in [2.75, 3.05) is 0 Å². The summed E-state index contributed by atoms with van der Waals surface area (Å²) in [5.74, 6) is -1.87. The first kappa shape index (κ1) is 26.7. The second-order valence-corrected chi connectivity index (χ2v) is 9.04. The van der Waals surface area contributed by atoms with E-state index in [0.29, 0.717) is 0 Å². The van der Waals surface area contributed by atoms with E-state index in [4.69, 9.17) is 0 Å². The summed E-state index contributed by atoms with van der Waals surface area (Å²) in [6, 6.07) is 31.5. The van der Waals surface area contributed by atoms with E-state index in [9.17, 15) is 27.9 Å². The Hall–Kier alpha value is -4.39. The molecule has 4 rings (SSSR count). The zero-order valence-corrected chi connectivity index (χ0v) is 20.4. The minimum Gasteiger partial charge on any atom is -0.480 e. The van der Waals surface area contributed by atoms with E-state index in [1.165, 1.54) is 12.1 Å². The molecule has 4 aromatic rings. The average molecular weight is 518 g/mol. The molecule has 194 valence electrons. The number of hydrogen-bond acceptors (Lipinski definition) is 2. The summed E-state index contributed by atoms with van der Waals surface area (Å²) >= 11 is 0. The molecule has 0 aliphatic rings. The number of halogens is 3. The molecular weight excluding hydrogens is 491 g/mol. The smallest absolute Gasteiger partial charge is 0.416 e. The third-order valence-electron chi connectivity index (χ3n) is 6.55. The summed E-state index contributed by atoms with van der Waals surface area (Å²) in [7, 11) is 0. The summed E-state index contributed by atoms with van der Waals surface area (Å²) in [6.45, 7) is 0. The van der Waals surface area contributed by atoms with Gasteiger partial charge in [0.25, 0.3) is 0 Å². The van der Waals surface area contributed by atoms with Crippen molar-refractivity contribution in [2.24, 2.45) is 0 Å². The summed E-state index contributed by atoms with van der Waals surface area (Å²) in [5, 5.41) is 12.4. The van der Waals surface area contributed by atoms with Crippen molar-refractivity contribution in [3.63, 3.8) is 0 Å². The van der Waals surface area contributed by atoms with E-state index >= 15 is 0 Å². The molecule has 38 heavy (non-hydrogen) atoms. The second-order valence-electron chi connectivity index (χ2n) is 9.04. The number of carbonyl (C=O) groups excluding carboxylic acids is 1. The molecule has 4 nitrogen and oxygen atoms in total. The Kier molecular flexibility index (Phi) is 7.96. The summed E-state index contributed by atoms with van der Waals surface area (Å²) in [5.41, 5.74) is 0.884. The third-order valence-corrected chi connectivity index (χ3v) is 6.55. The van der Waals surface area contributed by atoms with Crippen LogP contribution in [-0.2, 0) is 27.6 Å². The Morgan fingerprint density at radius 1 is 0.684 bits per heavy atom. The quantitative estimate of drug-likeness (QED) is 0.258. The predicted molar refractivity (Wildman–Crippen MR) is 139 cm³/mol. The number of carboxylic acid groups (broad SMARTS) is 1. The molecule has 0 heterocycles. The average Bonchev–Trinajstić information content (AvgIpc) is 2.92. The summed E-state index contributed by atoms with van der Waals surface area (Å²) in [6.07, 6.45) is -4.96. The van der Waals surface area contributed by atoms with Crippen molar-refractivity contribution >= 4 is 11.9 Å². The van der Waals surface area contributed by atoms with Crippen LogP contribution >= 0.6 is 0 Å². The van der Waals surface area contributed by atoms with Gasteiger partial charge in [-0.15, -0.1) is 0 Å². The van der Waals surface area contributed by atoms with Crippen LogP contribution < -0.4 is 5.32 Å². The van der Waals surface area contributed by atoms with Crippen molar-refractivity contribution < 1.29 is 27.9 Å². The van der Waals surface area contributed by atoms with Gasteiger partial charge in [-0.1, -0.05) is 109 Å². The first-order valence-electron chi connectivity index (χ1n) is 12.0. The van der Waals surface area contributed by atoms with Gasteiger partial charge in [0.05, 0.1) is 11.0 Å². The highest BCUT2D eigenvalue weighted by Gasteiger charge is 2.39. The van der Waals surface area contributed by atoms with Crippen LogP contribution in [0.25, 0.3) is 0 Å². The minimum atomic E-state index is -4.56. The van der Waals surface area contributed by atoms with E-state index in [-0.39, 0.29) is 18.4 Å². The van der Waals surface area contributed by atoms with Crippen LogP contribution in [0.3, 0.4) is 0 Å². The highest BCUT2D eigenvalue weighted by molar-refractivity contribution is 5.85. The number of benzene rings is 4. The highest BCUT2D eigenvalue weighted by Crippen LogP contribution is 2.42. The molecule has 1 atom stereocenters. The lowest BCUT2D eigenvalue weighted by Crippen LogP contribution is -2.45. The number of carbonyl (C=O) groups is 2. The first-order chi connectivity index (χ1) is 18.2. The van der Waals surface area contributed by atoms with E-state index in [1.807, 2.05) is 91.0 Å². The molecule has 1 amide bonds. The molecule has 0 bridgehead atoms. The van der Waals surface area contributed by atoms with E-state index < -0.39 is 35.1 Å². The lowest BCUT2D eigenvalue weighted by atomic mass is 9.67. The number of aliphatic carboxylic acids is 1. The van der Waals surface area contributed by atoms with Crippen LogP contribution in [0.1, 0.15) is 34.2 Å². The molecular formula is C31H26F3NO3. The van der Waals surface area contributed by atoms with Crippen molar-refractivity contribution in [3.05, 3.63) is 143 Å². The maximum Gasteiger partial charge on any atom is 0.416 e. The fraction of sp³-hybridized carbons (Fsp3) is 0.161. The van der Waals surface area contributed by atoms with Crippen LogP contribution in [0.2, 0.25) is 0 Å². The number of alkyl halides is 3. The molecule has 2 N–H and O–H groups in total. The maximum absolute atomic E-state index is 13.6. The van der Waals surface area contributed by atoms with Crippen LogP contribution in [0.5, 0.6) is 0 Å². The largest absolute Gasteiger partial charge is 0.480 e.